The van der Waals surface area contributed by atoms with E-state index in [1.165, 1.54) is 12.0 Å². The van der Waals surface area contributed by atoms with Gasteiger partial charge >= 0.3 is 0 Å². The molecule has 0 spiro atoms. The van der Waals surface area contributed by atoms with Crippen molar-refractivity contribution < 1.29 is 13.7 Å². The highest BCUT2D eigenvalue weighted by Gasteiger charge is 2.11. The van der Waals surface area contributed by atoms with Gasteiger partial charge in [-0.15, -0.1) is 0 Å². The van der Waals surface area contributed by atoms with Crippen LogP contribution in [0.1, 0.15) is 5.56 Å². The lowest BCUT2D eigenvalue weighted by Gasteiger charge is -2.11. The van der Waals surface area contributed by atoms with Crippen LogP contribution in [-0.2, 0) is 10.8 Å². The van der Waals surface area contributed by atoms with Crippen molar-refractivity contribution in [1.29, 1.82) is 0 Å². The first-order valence-electron chi connectivity index (χ1n) is 5.89. The molecule has 2 aromatic carbocycles. The summed E-state index contributed by atoms with van der Waals surface area (Å²) in [6, 6.07) is 15.7. The molecule has 0 amide bonds. The van der Waals surface area contributed by atoms with Gasteiger partial charge in [-0.05, 0) is 17.7 Å². The lowest BCUT2D eigenvalue weighted by atomic mass is 10.2. The molecule has 0 aromatic heterocycles. The van der Waals surface area contributed by atoms with E-state index in [1.807, 2.05) is 48.5 Å². The zero-order valence-electron chi connectivity index (χ0n) is 11.0. The van der Waals surface area contributed by atoms with Crippen LogP contribution in [0, 0.1) is 0 Å². The molecule has 100 valence electrons. The predicted molar refractivity (Wildman–Crippen MR) is 76.6 cm³/mol. The maximum absolute atomic E-state index is 5.65. The first kappa shape index (κ1) is 13.8. The fraction of sp³-hybridized carbons (Fsp3) is 0.200. The lowest BCUT2D eigenvalue weighted by Crippen LogP contribution is -1.92. The summed E-state index contributed by atoms with van der Waals surface area (Å²) in [6.45, 7) is 0.534. The van der Waals surface area contributed by atoms with E-state index in [0.29, 0.717) is 6.61 Å². The van der Waals surface area contributed by atoms with E-state index < -0.39 is 0 Å². The van der Waals surface area contributed by atoms with E-state index in [9.17, 15) is 0 Å². The van der Waals surface area contributed by atoms with Gasteiger partial charge in [-0.2, -0.15) is 0 Å². The minimum Gasteiger partial charge on any atom is -0.495 e. The van der Waals surface area contributed by atoms with Crippen LogP contribution in [0.3, 0.4) is 0 Å². The molecular formula is C15H16O3S. The van der Waals surface area contributed by atoms with Gasteiger partial charge in [0, 0.05) is 12.0 Å². The summed E-state index contributed by atoms with van der Waals surface area (Å²) in [6.07, 6.45) is 0. The number of ether oxygens (including phenoxy) is 2. The zero-order valence-corrected chi connectivity index (χ0v) is 11.8. The van der Waals surface area contributed by atoms with E-state index in [4.69, 9.17) is 13.7 Å². The van der Waals surface area contributed by atoms with Crippen molar-refractivity contribution in [2.45, 2.75) is 11.5 Å². The molecule has 0 aliphatic heterocycles. The second-order valence-corrected chi connectivity index (χ2v) is 4.63. The number of rotatable bonds is 6. The van der Waals surface area contributed by atoms with Crippen molar-refractivity contribution in [3.63, 3.8) is 0 Å². The lowest BCUT2D eigenvalue weighted by molar-refractivity contribution is 0.350. The monoisotopic (exact) mass is 276 g/mol. The van der Waals surface area contributed by atoms with Crippen LogP contribution < -0.4 is 9.47 Å². The molecule has 0 saturated carbocycles. The van der Waals surface area contributed by atoms with Crippen molar-refractivity contribution in [2.24, 2.45) is 0 Å². The molecule has 0 aliphatic rings. The minimum absolute atomic E-state index is 0.534. The maximum Gasteiger partial charge on any atom is 0.138 e. The predicted octanol–water partition coefficient (Wildman–Crippen LogP) is 3.93. The van der Waals surface area contributed by atoms with Gasteiger partial charge in [0.25, 0.3) is 0 Å². The van der Waals surface area contributed by atoms with Crippen LogP contribution in [0.15, 0.2) is 53.4 Å². The standard InChI is InChI=1S/C15H16O3S/c1-16-13-9-6-10-14(17-2)15(13)19-18-11-12-7-4-3-5-8-12/h3-10H,11H2,1-2H3. The molecule has 2 rings (SSSR count). The van der Waals surface area contributed by atoms with Crippen molar-refractivity contribution in [3.8, 4) is 11.5 Å². The fourth-order valence-corrected chi connectivity index (χ4v) is 2.41. The van der Waals surface area contributed by atoms with Gasteiger partial charge in [0.05, 0.1) is 20.8 Å². The summed E-state index contributed by atoms with van der Waals surface area (Å²) in [5, 5.41) is 0. The van der Waals surface area contributed by atoms with Gasteiger partial charge in [-0.3, -0.25) is 0 Å². The summed E-state index contributed by atoms with van der Waals surface area (Å²) >= 11 is 1.27. The van der Waals surface area contributed by atoms with Crippen molar-refractivity contribution in [3.05, 3.63) is 54.1 Å². The molecule has 0 fully saturated rings. The van der Waals surface area contributed by atoms with E-state index in [1.54, 1.807) is 14.2 Å². The third-order valence-corrected chi connectivity index (χ3v) is 3.40. The molecule has 0 bridgehead atoms. The number of methoxy groups -OCH3 is 2. The summed E-state index contributed by atoms with van der Waals surface area (Å²) in [5.74, 6) is 1.50. The average molecular weight is 276 g/mol. The number of hydrogen-bond donors (Lipinski definition) is 0. The molecule has 0 saturated heterocycles. The summed E-state index contributed by atoms with van der Waals surface area (Å²) in [4.78, 5) is 0.850. The fourth-order valence-electron chi connectivity index (χ4n) is 1.63. The normalized spacial score (nSPS) is 10.2. The molecule has 0 radical (unpaired) electrons. The highest BCUT2D eigenvalue weighted by Crippen LogP contribution is 2.38. The summed E-state index contributed by atoms with van der Waals surface area (Å²) in [7, 11) is 3.27. The van der Waals surface area contributed by atoms with E-state index in [2.05, 4.69) is 0 Å². The van der Waals surface area contributed by atoms with Gasteiger partial charge in [-0.25, -0.2) is 0 Å². The van der Waals surface area contributed by atoms with Crippen molar-refractivity contribution in [2.75, 3.05) is 14.2 Å². The van der Waals surface area contributed by atoms with Gasteiger partial charge in [0.2, 0.25) is 0 Å². The molecule has 19 heavy (non-hydrogen) atoms. The average Bonchev–Trinajstić information content (AvgIpc) is 2.48. The van der Waals surface area contributed by atoms with Crippen LogP contribution in [0.4, 0.5) is 0 Å². The number of benzene rings is 2. The maximum atomic E-state index is 5.65. The highest BCUT2D eigenvalue weighted by atomic mass is 32.2. The van der Waals surface area contributed by atoms with E-state index >= 15 is 0 Å². The van der Waals surface area contributed by atoms with Gasteiger partial charge in [0.15, 0.2) is 0 Å². The zero-order chi connectivity index (χ0) is 13.5. The Kier molecular flexibility index (Phi) is 5.12. The second kappa shape index (κ2) is 7.07. The molecule has 2 aromatic rings. The largest absolute Gasteiger partial charge is 0.495 e. The van der Waals surface area contributed by atoms with Crippen LogP contribution in [-0.4, -0.2) is 14.2 Å². The Morgan fingerprint density at radius 2 is 1.47 bits per heavy atom. The molecule has 0 heterocycles. The quantitative estimate of drug-likeness (QED) is 0.747. The molecule has 0 unspecified atom stereocenters. The summed E-state index contributed by atoms with van der Waals surface area (Å²) < 4.78 is 16.3. The van der Waals surface area contributed by atoms with E-state index in [0.717, 1.165) is 22.0 Å². The van der Waals surface area contributed by atoms with Gasteiger partial charge in [-0.1, -0.05) is 36.4 Å². The molecule has 0 N–H and O–H groups in total. The minimum atomic E-state index is 0.534. The van der Waals surface area contributed by atoms with Gasteiger partial charge < -0.3 is 13.7 Å². The topological polar surface area (TPSA) is 27.7 Å². The van der Waals surface area contributed by atoms with Crippen LogP contribution in [0.2, 0.25) is 0 Å². The first-order chi connectivity index (χ1) is 9.35. The highest BCUT2D eigenvalue weighted by molar-refractivity contribution is 7.94. The third kappa shape index (κ3) is 3.66. The molecule has 0 aliphatic carbocycles. The SMILES string of the molecule is COc1cccc(OC)c1SOCc1ccccc1. The molecule has 4 heteroatoms. The smallest absolute Gasteiger partial charge is 0.138 e. The Hall–Kier alpha value is -1.65. The van der Waals surface area contributed by atoms with Crippen LogP contribution in [0.5, 0.6) is 11.5 Å². The van der Waals surface area contributed by atoms with Crippen LogP contribution in [0.25, 0.3) is 0 Å². The first-order valence-corrected chi connectivity index (χ1v) is 6.63. The molecule has 3 nitrogen and oxygen atoms in total. The van der Waals surface area contributed by atoms with Gasteiger partial charge in [0.1, 0.15) is 16.4 Å². The molecule has 0 atom stereocenters. The number of hydrogen-bond acceptors (Lipinski definition) is 4. The van der Waals surface area contributed by atoms with Crippen molar-refractivity contribution in [1.82, 2.24) is 0 Å². The van der Waals surface area contributed by atoms with Crippen LogP contribution >= 0.6 is 12.0 Å². The Bertz CT molecular complexity index is 492. The molecular weight excluding hydrogens is 260 g/mol. The second-order valence-electron chi connectivity index (χ2n) is 3.82. The third-order valence-electron chi connectivity index (χ3n) is 2.59. The Labute approximate surface area is 117 Å². The summed E-state index contributed by atoms with van der Waals surface area (Å²) in [5.41, 5.74) is 1.13. The Morgan fingerprint density at radius 3 is 2.05 bits per heavy atom. The van der Waals surface area contributed by atoms with E-state index in [-0.39, 0.29) is 0 Å². The Balaban J connectivity index is 2.02. The van der Waals surface area contributed by atoms with Crippen molar-refractivity contribution >= 4 is 12.0 Å². The Morgan fingerprint density at radius 1 is 0.842 bits per heavy atom.